The average Bonchev–Trinajstić information content (AvgIpc) is 3.43. The maximum absolute atomic E-state index is 14.8. The first-order valence-electron chi connectivity index (χ1n) is 13.1. The first-order valence-corrected chi connectivity index (χ1v) is 13.1. The number of methoxy groups -OCH3 is 1. The lowest BCUT2D eigenvalue weighted by molar-refractivity contribution is -0.299. The molecule has 1 aromatic carbocycles. The van der Waals surface area contributed by atoms with Gasteiger partial charge in [-0.2, -0.15) is 26.3 Å². The fourth-order valence-electron chi connectivity index (χ4n) is 3.94. The van der Waals surface area contributed by atoms with Crippen molar-refractivity contribution in [2.75, 3.05) is 12.4 Å². The number of amides is 1. The van der Waals surface area contributed by atoms with Crippen LogP contribution in [-0.4, -0.2) is 52.4 Å². The molecule has 1 amide bonds. The molecule has 1 atom stereocenters. The maximum Gasteiger partial charge on any atom is 0.426 e. The largest absolute Gasteiger partial charge is 0.464 e. The monoisotopic (exact) mass is 646 g/mol. The normalized spacial score (nSPS) is 13.6. The van der Waals surface area contributed by atoms with Gasteiger partial charge in [0.25, 0.3) is 11.8 Å². The molecule has 0 aliphatic carbocycles. The summed E-state index contributed by atoms with van der Waals surface area (Å²) in [6, 6.07) is 8.08. The number of halogens is 6. The van der Waals surface area contributed by atoms with Gasteiger partial charge in [0.1, 0.15) is 11.9 Å². The zero-order chi connectivity index (χ0) is 33.6. The number of aromatic nitrogens is 3. The van der Waals surface area contributed by atoms with Crippen molar-refractivity contribution in [1.29, 1.82) is 0 Å². The number of pyridine rings is 1. The first kappa shape index (κ1) is 34.9. The highest BCUT2D eigenvalue weighted by Gasteiger charge is 2.61. The Labute approximate surface area is 252 Å². The molecule has 0 aliphatic rings. The van der Waals surface area contributed by atoms with Gasteiger partial charge in [0.2, 0.25) is 5.60 Å². The highest BCUT2D eigenvalue weighted by molar-refractivity contribution is 5.94. The van der Waals surface area contributed by atoms with E-state index in [0.29, 0.717) is 17.9 Å². The van der Waals surface area contributed by atoms with E-state index in [1.165, 1.54) is 32.9 Å². The van der Waals surface area contributed by atoms with Crippen LogP contribution in [0.25, 0.3) is 11.6 Å². The Balaban J connectivity index is 2.23. The van der Waals surface area contributed by atoms with E-state index in [0.717, 1.165) is 7.11 Å². The summed E-state index contributed by atoms with van der Waals surface area (Å²) < 4.78 is 106. The van der Waals surface area contributed by atoms with Crippen LogP contribution in [0.5, 0.6) is 0 Å². The topological polar surface area (TPSA) is 143 Å². The molecular formula is C28H28F6N4O7. The number of hydrogen-bond acceptors (Lipinski definition) is 10. The molecule has 0 aliphatic heterocycles. The van der Waals surface area contributed by atoms with Crippen LogP contribution in [0, 0.1) is 0 Å². The second-order valence-corrected chi connectivity index (χ2v) is 10.5. The number of nitrogens with one attached hydrogen (secondary N) is 1. The van der Waals surface area contributed by atoms with Crippen molar-refractivity contribution >= 4 is 24.0 Å². The van der Waals surface area contributed by atoms with Crippen LogP contribution in [0.1, 0.15) is 67.5 Å². The van der Waals surface area contributed by atoms with Crippen LogP contribution < -0.4 is 5.32 Å². The summed E-state index contributed by atoms with van der Waals surface area (Å²) in [5, 5.41) is 9.08. The summed E-state index contributed by atoms with van der Waals surface area (Å²) in [4.78, 5) is 39.3. The lowest BCUT2D eigenvalue weighted by atomic mass is 9.95. The third kappa shape index (κ3) is 8.55. The molecule has 0 bridgehead atoms. The lowest BCUT2D eigenvalue weighted by Gasteiger charge is -2.32. The second-order valence-electron chi connectivity index (χ2n) is 10.5. The van der Waals surface area contributed by atoms with Gasteiger partial charge in [-0.05, 0) is 45.2 Å². The molecule has 11 nitrogen and oxygen atoms in total. The van der Waals surface area contributed by atoms with Crippen molar-refractivity contribution in [2.24, 2.45) is 0 Å². The van der Waals surface area contributed by atoms with Crippen LogP contribution in [0.3, 0.4) is 0 Å². The molecule has 3 rings (SSSR count). The third-order valence-corrected chi connectivity index (χ3v) is 5.95. The van der Waals surface area contributed by atoms with Crippen molar-refractivity contribution in [3.63, 3.8) is 0 Å². The number of hydrogen-bond donors (Lipinski definition) is 1. The predicted octanol–water partition coefficient (Wildman–Crippen LogP) is 6.63. The van der Waals surface area contributed by atoms with E-state index in [1.54, 1.807) is 18.2 Å². The van der Waals surface area contributed by atoms with E-state index >= 15 is 0 Å². The first-order chi connectivity index (χ1) is 20.9. The number of benzene rings is 1. The van der Waals surface area contributed by atoms with Gasteiger partial charge in [0.15, 0.2) is 11.4 Å². The van der Waals surface area contributed by atoms with Crippen LogP contribution in [0.2, 0.25) is 0 Å². The maximum atomic E-state index is 14.8. The average molecular weight is 647 g/mol. The molecule has 0 radical (unpaired) electrons. The second kappa shape index (κ2) is 13.6. The van der Waals surface area contributed by atoms with Crippen LogP contribution in [-0.2, 0) is 37.4 Å². The molecule has 0 fully saturated rings. The minimum Gasteiger partial charge on any atom is -0.464 e. The Bertz CT molecular complexity index is 1500. The van der Waals surface area contributed by atoms with Crippen LogP contribution in [0.4, 0.5) is 36.8 Å². The zero-order valence-electron chi connectivity index (χ0n) is 24.3. The van der Waals surface area contributed by atoms with Gasteiger partial charge < -0.3 is 23.4 Å². The molecule has 1 N–H and O–H groups in total. The molecular weight excluding hydrogens is 618 g/mol. The van der Waals surface area contributed by atoms with E-state index in [-0.39, 0.29) is 12.8 Å². The Morgan fingerprint density at radius 1 is 1.02 bits per heavy atom. The van der Waals surface area contributed by atoms with Crippen molar-refractivity contribution in [3.05, 3.63) is 59.1 Å². The predicted molar refractivity (Wildman–Crippen MR) is 143 cm³/mol. The molecule has 244 valence electrons. The Kier molecular flexibility index (Phi) is 10.6. The van der Waals surface area contributed by atoms with E-state index < -0.39 is 83.1 Å². The number of alkyl halides is 6. The van der Waals surface area contributed by atoms with Gasteiger partial charge in [-0.25, -0.2) is 14.6 Å². The molecule has 2 aromatic heterocycles. The number of ether oxygens (including phenoxy) is 3. The minimum atomic E-state index is -5.21. The fourth-order valence-corrected chi connectivity index (χ4v) is 3.94. The smallest absolute Gasteiger partial charge is 0.426 e. The number of anilines is 1. The molecule has 3 aromatic rings. The van der Waals surface area contributed by atoms with Gasteiger partial charge in [-0.15, -0.1) is 10.2 Å². The van der Waals surface area contributed by atoms with E-state index in [4.69, 9.17) is 13.9 Å². The van der Waals surface area contributed by atoms with Gasteiger partial charge in [-0.3, -0.25) is 5.32 Å². The number of nitrogens with zero attached hydrogens (tertiary/aromatic N) is 3. The Morgan fingerprint density at radius 2 is 1.69 bits per heavy atom. The van der Waals surface area contributed by atoms with E-state index in [2.05, 4.69) is 19.9 Å². The highest BCUT2D eigenvalue weighted by atomic mass is 19.4. The van der Waals surface area contributed by atoms with Crippen molar-refractivity contribution in [2.45, 2.75) is 70.2 Å². The number of aldehydes is 1. The molecule has 1 unspecified atom stereocenters. The standard InChI is InChI=1S/C28H28F6N4O7/c1-25(2,3)45-24(41)35-18-14-17(27(29,30)31)19(22(40)42-4)36-20(18)21-37-38-23(44-21)26(28(32,33)34,12-8-9-13-39)43-15-16-10-6-5-7-11-16/h5-7,10-11,13-14H,8-9,12,15H2,1-4H3,(H,35,41). The number of unbranched alkanes of at least 4 members (excludes halogenated alkanes) is 1. The van der Waals surface area contributed by atoms with E-state index in [1.807, 2.05) is 5.32 Å². The van der Waals surface area contributed by atoms with Crippen molar-refractivity contribution < 1.29 is 59.4 Å². The summed E-state index contributed by atoms with van der Waals surface area (Å²) in [7, 11) is 0.780. The molecule has 0 saturated carbocycles. The summed E-state index contributed by atoms with van der Waals surface area (Å²) in [6.07, 6.45) is -12.7. The minimum absolute atomic E-state index is 0.277. The van der Waals surface area contributed by atoms with Gasteiger partial charge >= 0.3 is 24.4 Å². The van der Waals surface area contributed by atoms with Gasteiger partial charge in [0.05, 0.1) is 25.0 Å². The zero-order valence-corrected chi connectivity index (χ0v) is 24.3. The third-order valence-electron chi connectivity index (χ3n) is 5.95. The summed E-state index contributed by atoms with van der Waals surface area (Å²) >= 11 is 0. The van der Waals surface area contributed by atoms with Crippen molar-refractivity contribution in [3.8, 4) is 11.6 Å². The molecule has 17 heteroatoms. The van der Waals surface area contributed by atoms with E-state index in [9.17, 15) is 40.7 Å². The van der Waals surface area contributed by atoms with Gasteiger partial charge in [0, 0.05) is 6.42 Å². The molecule has 2 heterocycles. The highest BCUT2D eigenvalue weighted by Crippen LogP contribution is 2.47. The Morgan fingerprint density at radius 3 is 2.24 bits per heavy atom. The summed E-state index contributed by atoms with van der Waals surface area (Å²) in [5.74, 6) is -3.64. The number of carbonyl (C=O) groups is 3. The quantitative estimate of drug-likeness (QED) is 0.104. The van der Waals surface area contributed by atoms with Crippen LogP contribution in [0.15, 0.2) is 40.8 Å². The van der Waals surface area contributed by atoms with Gasteiger partial charge in [-0.1, -0.05) is 30.3 Å². The lowest BCUT2D eigenvalue weighted by Crippen LogP contribution is -2.45. The summed E-state index contributed by atoms with van der Waals surface area (Å²) in [6.45, 7) is 3.81. The number of rotatable bonds is 11. The Hall–Kier alpha value is -4.54. The fraction of sp³-hybridized carbons (Fsp3) is 0.429. The molecule has 45 heavy (non-hydrogen) atoms. The SMILES string of the molecule is COC(=O)c1nc(-c2nnc(C(CCCC=O)(OCc3ccccc3)C(F)(F)F)o2)c(NC(=O)OC(C)(C)C)cc1C(F)(F)F. The molecule has 0 saturated heterocycles. The number of carbonyl (C=O) groups excluding carboxylic acids is 3. The number of esters is 1. The van der Waals surface area contributed by atoms with Crippen LogP contribution >= 0.6 is 0 Å². The van der Waals surface area contributed by atoms with Crippen molar-refractivity contribution in [1.82, 2.24) is 15.2 Å². The molecule has 0 spiro atoms. The summed E-state index contributed by atoms with van der Waals surface area (Å²) in [5.41, 5.74) is -8.60.